The highest BCUT2D eigenvalue weighted by atomic mass is 15.0. The van der Waals surface area contributed by atoms with Crippen LogP contribution in [0.1, 0.15) is 0 Å². The Morgan fingerprint density at radius 3 is 2.17 bits per heavy atom. The van der Waals surface area contributed by atoms with E-state index in [2.05, 4.69) is 113 Å². The maximum Gasteiger partial charge on any atom is 0.0566 e. The zero-order chi connectivity index (χ0) is 19.7. The predicted octanol–water partition coefficient (Wildman–Crippen LogP) is 7.57. The Morgan fingerprint density at radius 1 is 0.500 bits per heavy atom. The Kier molecular flexibility index (Phi) is 3.03. The van der Waals surface area contributed by atoms with Gasteiger partial charge in [0, 0.05) is 32.7 Å². The van der Waals surface area contributed by atoms with Crippen molar-refractivity contribution in [2.45, 2.75) is 0 Å². The van der Waals surface area contributed by atoms with E-state index in [1.807, 2.05) is 0 Å². The van der Waals surface area contributed by atoms with Crippen molar-refractivity contribution in [1.29, 1.82) is 0 Å². The Labute approximate surface area is 173 Å². The molecule has 1 N–H and O–H groups in total. The van der Waals surface area contributed by atoms with Gasteiger partial charge >= 0.3 is 0 Å². The van der Waals surface area contributed by atoms with E-state index >= 15 is 0 Å². The van der Waals surface area contributed by atoms with Gasteiger partial charge in [-0.3, -0.25) is 0 Å². The van der Waals surface area contributed by atoms with E-state index in [4.69, 9.17) is 0 Å². The smallest absolute Gasteiger partial charge is 0.0566 e. The predicted molar refractivity (Wildman–Crippen MR) is 128 cm³/mol. The first-order chi connectivity index (χ1) is 14.9. The SMILES string of the molecule is c1ccc(-n2c3ccccc3c3c4[nH]c5ccc6ccccc6c5c4ccc32)cc1. The minimum absolute atomic E-state index is 1.18. The normalized spacial score (nSPS) is 12.0. The summed E-state index contributed by atoms with van der Waals surface area (Å²) in [7, 11) is 0. The van der Waals surface area contributed by atoms with Crippen LogP contribution >= 0.6 is 0 Å². The second kappa shape index (κ2) is 5.74. The van der Waals surface area contributed by atoms with Gasteiger partial charge in [-0.2, -0.15) is 0 Å². The van der Waals surface area contributed by atoms with Gasteiger partial charge in [-0.15, -0.1) is 0 Å². The molecule has 2 aromatic heterocycles. The minimum Gasteiger partial charge on any atom is -0.354 e. The molecule has 0 amide bonds. The van der Waals surface area contributed by atoms with Gasteiger partial charge in [0.2, 0.25) is 0 Å². The van der Waals surface area contributed by atoms with Gasteiger partial charge < -0.3 is 9.55 Å². The molecule has 0 bridgehead atoms. The molecule has 5 aromatic carbocycles. The molecule has 0 fully saturated rings. The molecule has 0 aliphatic rings. The molecule has 2 heteroatoms. The fourth-order valence-electron chi connectivity index (χ4n) is 5.05. The first-order valence-electron chi connectivity index (χ1n) is 10.3. The van der Waals surface area contributed by atoms with Crippen LogP contribution in [-0.4, -0.2) is 9.55 Å². The number of fused-ring (bicyclic) bond motifs is 9. The summed E-state index contributed by atoms with van der Waals surface area (Å²) >= 11 is 0. The second-order valence-corrected chi connectivity index (χ2v) is 7.90. The zero-order valence-corrected chi connectivity index (χ0v) is 16.3. The number of rotatable bonds is 1. The molecule has 0 saturated carbocycles. The molecule has 0 saturated heterocycles. The number of benzene rings is 5. The van der Waals surface area contributed by atoms with Gasteiger partial charge in [0.25, 0.3) is 0 Å². The number of hydrogen-bond acceptors (Lipinski definition) is 0. The fraction of sp³-hybridized carbons (Fsp3) is 0. The van der Waals surface area contributed by atoms with Crippen molar-refractivity contribution in [3.63, 3.8) is 0 Å². The van der Waals surface area contributed by atoms with E-state index in [9.17, 15) is 0 Å². The third kappa shape index (κ3) is 1.98. The summed E-state index contributed by atoms with van der Waals surface area (Å²) in [5, 5.41) is 7.72. The first kappa shape index (κ1) is 15.8. The van der Waals surface area contributed by atoms with Gasteiger partial charge in [0.05, 0.1) is 16.6 Å². The summed E-state index contributed by atoms with van der Waals surface area (Å²) in [5.41, 5.74) is 6.04. The van der Waals surface area contributed by atoms with Crippen LogP contribution in [0, 0.1) is 0 Å². The molecule has 7 rings (SSSR count). The van der Waals surface area contributed by atoms with Crippen LogP contribution in [0.25, 0.3) is 60.1 Å². The Balaban J connectivity index is 1.73. The van der Waals surface area contributed by atoms with E-state index in [-0.39, 0.29) is 0 Å². The molecule has 0 aliphatic carbocycles. The topological polar surface area (TPSA) is 20.7 Å². The number of nitrogens with zero attached hydrogens (tertiary/aromatic N) is 1. The molecule has 0 radical (unpaired) electrons. The van der Waals surface area contributed by atoms with Crippen molar-refractivity contribution in [2.75, 3.05) is 0 Å². The van der Waals surface area contributed by atoms with Gasteiger partial charge in [0.1, 0.15) is 0 Å². The van der Waals surface area contributed by atoms with Crippen LogP contribution < -0.4 is 0 Å². The molecule has 0 aliphatic heterocycles. The summed E-state index contributed by atoms with van der Waals surface area (Å²) < 4.78 is 2.37. The van der Waals surface area contributed by atoms with Gasteiger partial charge in [-0.1, -0.05) is 72.8 Å². The summed E-state index contributed by atoms with van der Waals surface area (Å²) in [6.07, 6.45) is 0. The molecule has 7 aromatic rings. The summed E-state index contributed by atoms with van der Waals surface area (Å²) in [6, 6.07) is 36.9. The van der Waals surface area contributed by atoms with Crippen molar-refractivity contribution < 1.29 is 0 Å². The van der Waals surface area contributed by atoms with Gasteiger partial charge in [-0.25, -0.2) is 0 Å². The van der Waals surface area contributed by atoms with Crippen LogP contribution in [-0.2, 0) is 0 Å². The third-order valence-electron chi connectivity index (χ3n) is 6.31. The monoisotopic (exact) mass is 382 g/mol. The number of aromatic nitrogens is 2. The van der Waals surface area contributed by atoms with Crippen LogP contribution in [0.15, 0.2) is 103 Å². The molecule has 0 spiro atoms. The quantitative estimate of drug-likeness (QED) is 0.302. The highest BCUT2D eigenvalue weighted by molar-refractivity contribution is 6.29. The fourth-order valence-corrected chi connectivity index (χ4v) is 5.05. The lowest BCUT2D eigenvalue weighted by molar-refractivity contribution is 1.18. The Bertz CT molecular complexity index is 1730. The minimum atomic E-state index is 1.18. The molecular weight excluding hydrogens is 364 g/mol. The van der Waals surface area contributed by atoms with Crippen LogP contribution in [0.2, 0.25) is 0 Å². The lowest BCUT2D eigenvalue weighted by atomic mass is 10.0. The number of aromatic amines is 1. The molecule has 0 atom stereocenters. The van der Waals surface area contributed by atoms with E-state index in [1.165, 1.54) is 60.1 Å². The highest BCUT2D eigenvalue weighted by Gasteiger charge is 2.17. The van der Waals surface area contributed by atoms with E-state index < -0.39 is 0 Å². The number of H-pyrrole nitrogens is 1. The van der Waals surface area contributed by atoms with Crippen molar-refractivity contribution in [2.24, 2.45) is 0 Å². The molecule has 140 valence electrons. The summed E-state index contributed by atoms with van der Waals surface area (Å²) in [6.45, 7) is 0. The summed E-state index contributed by atoms with van der Waals surface area (Å²) in [4.78, 5) is 3.76. The van der Waals surface area contributed by atoms with E-state index in [0.717, 1.165) is 0 Å². The van der Waals surface area contributed by atoms with Crippen LogP contribution in [0.5, 0.6) is 0 Å². The average molecular weight is 382 g/mol. The molecule has 2 nitrogen and oxygen atoms in total. The second-order valence-electron chi connectivity index (χ2n) is 7.90. The first-order valence-corrected chi connectivity index (χ1v) is 10.3. The van der Waals surface area contributed by atoms with Gasteiger partial charge in [0.15, 0.2) is 0 Å². The Hall–Kier alpha value is -4.04. The van der Waals surface area contributed by atoms with Crippen molar-refractivity contribution in [3.8, 4) is 5.69 Å². The molecule has 0 unspecified atom stereocenters. The van der Waals surface area contributed by atoms with E-state index in [0.29, 0.717) is 0 Å². The van der Waals surface area contributed by atoms with Crippen molar-refractivity contribution in [1.82, 2.24) is 9.55 Å². The lowest BCUT2D eigenvalue weighted by Crippen LogP contribution is -1.92. The number of para-hydroxylation sites is 2. The van der Waals surface area contributed by atoms with Crippen molar-refractivity contribution >= 4 is 54.4 Å². The maximum absolute atomic E-state index is 3.76. The molecule has 2 heterocycles. The van der Waals surface area contributed by atoms with E-state index in [1.54, 1.807) is 0 Å². The average Bonchev–Trinajstić information content (AvgIpc) is 3.35. The zero-order valence-electron chi connectivity index (χ0n) is 16.3. The van der Waals surface area contributed by atoms with Crippen molar-refractivity contribution in [3.05, 3.63) is 103 Å². The maximum atomic E-state index is 3.76. The number of hydrogen-bond donors (Lipinski definition) is 1. The standard InChI is InChI=1S/C28H18N2/c1-2-9-19(10-3-1)30-24-13-7-6-12-21(24)27-25(30)17-15-22-26-20-11-5-4-8-18(20)14-16-23(26)29-28(22)27/h1-17,29H. The van der Waals surface area contributed by atoms with Crippen LogP contribution in [0.4, 0.5) is 0 Å². The van der Waals surface area contributed by atoms with Crippen LogP contribution in [0.3, 0.4) is 0 Å². The molecule has 30 heavy (non-hydrogen) atoms. The largest absolute Gasteiger partial charge is 0.354 e. The number of nitrogens with one attached hydrogen (secondary N) is 1. The third-order valence-corrected chi connectivity index (χ3v) is 6.31. The highest BCUT2D eigenvalue weighted by Crippen LogP contribution is 2.40. The lowest BCUT2D eigenvalue weighted by Gasteiger charge is -2.07. The Morgan fingerprint density at radius 2 is 1.27 bits per heavy atom. The molecular formula is C28H18N2. The summed E-state index contributed by atoms with van der Waals surface area (Å²) in [5.74, 6) is 0. The van der Waals surface area contributed by atoms with Gasteiger partial charge in [-0.05, 0) is 41.1 Å².